The number of aliphatic carboxylic acids is 3. The number of aliphatic hydroxyl groups is 1. The van der Waals surface area contributed by atoms with Gasteiger partial charge in [0.1, 0.15) is 5.58 Å². The van der Waals surface area contributed by atoms with Gasteiger partial charge in [0.05, 0.1) is 44.8 Å². The van der Waals surface area contributed by atoms with Gasteiger partial charge in [0.2, 0.25) is 0 Å². The monoisotopic (exact) mass is 601 g/mol. The Morgan fingerprint density at radius 2 is 1.65 bits per heavy atom. The maximum absolute atomic E-state index is 13.0. The molecule has 13 heteroatoms. The van der Waals surface area contributed by atoms with Gasteiger partial charge in [-0.2, -0.15) is 0 Å². The summed E-state index contributed by atoms with van der Waals surface area (Å²) in [7, 11) is 3.26. The Morgan fingerprint density at radius 3 is 2.23 bits per heavy atom. The van der Waals surface area contributed by atoms with Gasteiger partial charge in [-0.25, -0.2) is 4.79 Å². The van der Waals surface area contributed by atoms with Crippen molar-refractivity contribution in [3.05, 3.63) is 70.1 Å². The van der Waals surface area contributed by atoms with Crippen molar-refractivity contribution in [3.8, 4) is 11.5 Å². The number of carbonyl (C=O) groups is 3. The van der Waals surface area contributed by atoms with Crippen LogP contribution in [0, 0.1) is 0 Å². The van der Waals surface area contributed by atoms with Gasteiger partial charge < -0.3 is 39.1 Å². The lowest BCUT2D eigenvalue weighted by molar-refractivity contribution is -0.170. The first-order chi connectivity index (χ1) is 20.4. The summed E-state index contributed by atoms with van der Waals surface area (Å²) in [6.07, 6.45) is 1.59. The fourth-order valence-electron chi connectivity index (χ4n) is 4.68. The molecule has 3 aromatic rings. The average Bonchev–Trinajstić information content (AvgIpc) is 3.47. The zero-order valence-electron chi connectivity index (χ0n) is 23.9. The number of rotatable bonds is 13. The Bertz CT molecular complexity index is 1460. The number of hydrogen-bond acceptors (Lipinski definition) is 10. The van der Waals surface area contributed by atoms with Crippen LogP contribution in [0.25, 0.3) is 11.0 Å². The highest BCUT2D eigenvalue weighted by atomic mass is 16.5. The largest absolute Gasteiger partial charge is 0.493 e. The van der Waals surface area contributed by atoms with Gasteiger partial charge in [0.15, 0.2) is 22.5 Å². The number of carboxylic acids is 3. The van der Waals surface area contributed by atoms with Crippen LogP contribution in [0.2, 0.25) is 0 Å². The molecule has 232 valence electrons. The lowest BCUT2D eigenvalue weighted by atomic mass is 9.96. The molecule has 1 atom stereocenters. The molecule has 0 spiro atoms. The van der Waals surface area contributed by atoms with Crippen molar-refractivity contribution in [2.45, 2.75) is 50.5 Å². The van der Waals surface area contributed by atoms with Crippen molar-refractivity contribution in [1.29, 1.82) is 0 Å². The molecule has 2 heterocycles. The normalized spacial score (nSPS) is 14.7. The minimum Gasteiger partial charge on any atom is -0.493 e. The summed E-state index contributed by atoms with van der Waals surface area (Å²) in [4.78, 5) is 45.7. The minimum atomic E-state index is -2.74. The highest BCUT2D eigenvalue weighted by Gasteiger charge is 2.40. The molecule has 1 aromatic heterocycles. The van der Waals surface area contributed by atoms with Crippen LogP contribution in [-0.2, 0) is 32.2 Å². The van der Waals surface area contributed by atoms with Crippen molar-refractivity contribution >= 4 is 28.9 Å². The third kappa shape index (κ3) is 9.26. The molecule has 4 N–H and O–H groups in total. The topological polar surface area (TPSA) is 193 Å². The first kappa shape index (κ1) is 33.0. The van der Waals surface area contributed by atoms with E-state index in [4.69, 9.17) is 39.1 Å². The SMILES string of the molecule is COc1ccc(CN(Cc2coc3ccccc3c2=O)CC2CCCO2)cc1OC.O=C(O)CC(O)(CC(=O)O)C(=O)O. The van der Waals surface area contributed by atoms with E-state index in [-0.39, 0.29) is 11.5 Å². The van der Waals surface area contributed by atoms with Crippen molar-refractivity contribution in [1.82, 2.24) is 4.90 Å². The lowest BCUT2D eigenvalue weighted by Gasteiger charge is -2.25. The number of carboxylic acid groups (broad SMARTS) is 3. The Morgan fingerprint density at radius 1 is 0.977 bits per heavy atom. The lowest BCUT2D eigenvalue weighted by Crippen LogP contribution is -2.42. The fourth-order valence-corrected chi connectivity index (χ4v) is 4.68. The van der Waals surface area contributed by atoms with Gasteiger partial charge in [-0.15, -0.1) is 0 Å². The molecule has 0 bridgehead atoms. The molecule has 0 radical (unpaired) electrons. The molecule has 0 aliphatic carbocycles. The smallest absolute Gasteiger partial charge is 0.336 e. The molecule has 1 unspecified atom stereocenters. The third-order valence-corrected chi connectivity index (χ3v) is 6.77. The second kappa shape index (κ2) is 15.1. The van der Waals surface area contributed by atoms with Gasteiger partial charge in [0, 0.05) is 31.8 Å². The molecule has 1 fully saturated rings. The second-order valence-corrected chi connectivity index (χ2v) is 10.1. The fraction of sp³-hybridized carbons (Fsp3) is 0.400. The van der Waals surface area contributed by atoms with Gasteiger partial charge in [-0.3, -0.25) is 19.3 Å². The summed E-state index contributed by atoms with van der Waals surface area (Å²) in [5, 5.41) is 34.4. The second-order valence-electron chi connectivity index (χ2n) is 10.1. The Balaban J connectivity index is 0.000000331. The van der Waals surface area contributed by atoms with Crippen LogP contribution in [0.4, 0.5) is 0 Å². The van der Waals surface area contributed by atoms with E-state index in [1.54, 1.807) is 20.5 Å². The standard InChI is InChI=1S/C24H27NO5.C6H8O7/c1-27-22-10-9-17(12-23(22)28-2)13-25(15-19-6-5-11-29-19)14-18-16-30-21-8-4-3-7-20(21)24(18)26;7-3(8)1-6(13,5(11)12)2-4(9)10/h3-4,7-10,12,16,19H,5-6,11,13-15H2,1-2H3;13H,1-2H2,(H,7,8)(H,9,10)(H,11,12). The molecule has 1 aliphatic rings. The zero-order valence-corrected chi connectivity index (χ0v) is 23.9. The Kier molecular flexibility index (Phi) is 11.6. The summed E-state index contributed by atoms with van der Waals surface area (Å²) >= 11 is 0. The maximum Gasteiger partial charge on any atom is 0.336 e. The van der Waals surface area contributed by atoms with Crippen LogP contribution < -0.4 is 14.9 Å². The highest BCUT2D eigenvalue weighted by Crippen LogP contribution is 2.28. The van der Waals surface area contributed by atoms with E-state index < -0.39 is 36.4 Å². The van der Waals surface area contributed by atoms with E-state index in [1.165, 1.54) is 0 Å². The molecule has 1 aliphatic heterocycles. The summed E-state index contributed by atoms with van der Waals surface area (Å²) in [5.41, 5.74) is -0.390. The molecular formula is C30H35NO12. The van der Waals surface area contributed by atoms with E-state index in [0.717, 1.165) is 31.6 Å². The number of fused-ring (bicyclic) bond motifs is 1. The zero-order chi connectivity index (χ0) is 31.6. The Labute approximate surface area is 246 Å². The van der Waals surface area contributed by atoms with Crippen LogP contribution in [0.15, 0.2) is 57.9 Å². The Hall–Kier alpha value is -4.46. The predicted molar refractivity (Wildman–Crippen MR) is 152 cm³/mol. The summed E-state index contributed by atoms with van der Waals surface area (Å²) in [5.74, 6) is -3.63. The molecule has 1 saturated heterocycles. The average molecular weight is 602 g/mol. The maximum atomic E-state index is 13.0. The highest BCUT2D eigenvalue weighted by molar-refractivity contribution is 5.88. The quantitative estimate of drug-likeness (QED) is 0.224. The number of nitrogens with zero attached hydrogens (tertiary/aromatic N) is 1. The minimum absolute atomic E-state index is 0.0153. The van der Waals surface area contributed by atoms with Gasteiger partial charge >= 0.3 is 17.9 Å². The summed E-state index contributed by atoms with van der Waals surface area (Å²) in [6.45, 7) is 2.70. The van der Waals surface area contributed by atoms with E-state index in [9.17, 15) is 19.2 Å². The number of methoxy groups -OCH3 is 2. The van der Waals surface area contributed by atoms with Crippen molar-refractivity contribution in [2.75, 3.05) is 27.4 Å². The van der Waals surface area contributed by atoms with E-state index in [1.807, 2.05) is 42.5 Å². The van der Waals surface area contributed by atoms with Crippen LogP contribution in [0.3, 0.4) is 0 Å². The van der Waals surface area contributed by atoms with Gasteiger partial charge in [0.25, 0.3) is 0 Å². The predicted octanol–water partition coefficient (Wildman–Crippen LogP) is 2.74. The van der Waals surface area contributed by atoms with Crippen LogP contribution >= 0.6 is 0 Å². The van der Waals surface area contributed by atoms with Crippen molar-refractivity contribution in [2.24, 2.45) is 0 Å². The van der Waals surface area contributed by atoms with E-state index in [0.29, 0.717) is 41.1 Å². The van der Waals surface area contributed by atoms with E-state index >= 15 is 0 Å². The van der Waals surface area contributed by atoms with E-state index in [2.05, 4.69) is 4.90 Å². The van der Waals surface area contributed by atoms with Crippen LogP contribution in [-0.4, -0.2) is 82.3 Å². The molecule has 2 aromatic carbocycles. The number of para-hydroxylation sites is 1. The van der Waals surface area contributed by atoms with Crippen molar-refractivity contribution < 1.29 is 53.4 Å². The molecule has 0 saturated carbocycles. The molecule has 4 rings (SSSR count). The van der Waals surface area contributed by atoms with Crippen LogP contribution in [0.5, 0.6) is 11.5 Å². The first-order valence-corrected chi connectivity index (χ1v) is 13.4. The third-order valence-electron chi connectivity index (χ3n) is 6.77. The molecule has 0 amide bonds. The number of benzene rings is 2. The van der Waals surface area contributed by atoms with Crippen LogP contribution in [0.1, 0.15) is 36.8 Å². The van der Waals surface area contributed by atoms with Crippen molar-refractivity contribution in [3.63, 3.8) is 0 Å². The van der Waals surface area contributed by atoms with Gasteiger partial charge in [-0.05, 0) is 42.7 Å². The molecule has 43 heavy (non-hydrogen) atoms. The summed E-state index contributed by atoms with van der Waals surface area (Å²) < 4.78 is 22.4. The number of ether oxygens (including phenoxy) is 3. The summed E-state index contributed by atoms with van der Waals surface area (Å²) in [6, 6.07) is 13.3. The van der Waals surface area contributed by atoms with Gasteiger partial charge in [-0.1, -0.05) is 18.2 Å². The first-order valence-electron chi connectivity index (χ1n) is 13.4. The molecule has 13 nitrogen and oxygen atoms in total. The number of hydrogen-bond donors (Lipinski definition) is 4. The molecular weight excluding hydrogens is 566 g/mol.